The molecule has 0 unspecified atom stereocenters. The summed E-state index contributed by atoms with van der Waals surface area (Å²) in [6, 6.07) is 3.07. The summed E-state index contributed by atoms with van der Waals surface area (Å²) < 4.78 is 25.0. The molecule has 0 amide bonds. The Bertz CT molecular complexity index is 377. The Morgan fingerprint density at radius 2 is 2.14 bits per heavy atom. The Hall–Kier alpha value is -0.770. The van der Waals surface area contributed by atoms with Gasteiger partial charge in [-0.15, -0.1) is 0 Å². The first-order chi connectivity index (χ1) is 6.48. The first-order valence-corrected chi connectivity index (χ1v) is 5.08. The second-order valence-corrected chi connectivity index (χ2v) is 4.78. The largest absolute Gasteiger partial charge is 0.485 e. The fraction of sp³-hybridized carbons (Fsp3) is 0.400. The molecule has 0 atom stereocenters. The Kier molecular flexibility index (Phi) is 2.18. The molecule has 0 aliphatic carbocycles. The van der Waals surface area contributed by atoms with Gasteiger partial charge in [0, 0.05) is 4.47 Å². The van der Waals surface area contributed by atoms with Crippen LogP contribution in [0.3, 0.4) is 0 Å². The van der Waals surface area contributed by atoms with Crippen LogP contribution in [0.25, 0.3) is 0 Å². The molecule has 0 bridgehead atoms. The highest BCUT2D eigenvalue weighted by molar-refractivity contribution is 9.10. The summed E-state index contributed by atoms with van der Waals surface area (Å²) in [5.41, 5.74) is -0.471. The Morgan fingerprint density at radius 1 is 1.43 bits per heavy atom. The number of hydrogen-bond donors (Lipinski definition) is 0. The van der Waals surface area contributed by atoms with Crippen LogP contribution in [0.1, 0.15) is 13.8 Å². The Balaban J connectivity index is 2.47. The minimum absolute atomic E-state index is 0.199. The molecular weight excluding hydrogens is 251 g/mol. The summed E-state index contributed by atoms with van der Waals surface area (Å²) in [6.45, 7) is 4.14. The molecule has 0 fully saturated rings. The quantitative estimate of drug-likeness (QED) is 0.714. The third kappa shape index (κ3) is 1.71. The van der Waals surface area contributed by atoms with E-state index in [-0.39, 0.29) is 5.75 Å². The summed E-state index contributed by atoms with van der Waals surface area (Å²) >= 11 is 3.19. The number of fused-ring (bicyclic) bond motifs is 1. The van der Waals surface area contributed by atoms with Gasteiger partial charge in [-0.1, -0.05) is 15.9 Å². The van der Waals surface area contributed by atoms with Crippen molar-refractivity contribution in [3.8, 4) is 11.5 Å². The molecule has 1 aliphatic heterocycles. The summed E-state index contributed by atoms with van der Waals surface area (Å²) in [4.78, 5) is 0. The molecule has 1 aromatic rings. The lowest BCUT2D eigenvalue weighted by Gasteiger charge is -2.32. The van der Waals surface area contributed by atoms with Crippen molar-refractivity contribution < 1.29 is 13.9 Å². The molecule has 1 aliphatic rings. The van der Waals surface area contributed by atoms with Crippen molar-refractivity contribution in [3.05, 3.63) is 22.4 Å². The van der Waals surface area contributed by atoms with E-state index in [1.165, 1.54) is 6.07 Å². The normalized spacial score (nSPS) is 18.0. The van der Waals surface area contributed by atoms with E-state index >= 15 is 0 Å². The number of hydrogen-bond acceptors (Lipinski definition) is 2. The van der Waals surface area contributed by atoms with Crippen LogP contribution in [-0.4, -0.2) is 12.2 Å². The molecule has 4 heteroatoms. The maximum absolute atomic E-state index is 13.4. The second-order valence-electron chi connectivity index (χ2n) is 3.87. The Morgan fingerprint density at radius 3 is 2.86 bits per heavy atom. The standard InChI is InChI=1S/C10H10BrFO2/c1-10(2)5-13-8-4-6(11)3-7(12)9(8)14-10/h3-4H,5H2,1-2H3. The topological polar surface area (TPSA) is 18.5 Å². The van der Waals surface area contributed by atoms with Crippen LogP contribution in [0.5, 0.6) is 11.5 Å². The monoisotopic (exact) mass is 260 g/mol. The number of ether oxygens (including phenoxy) is 2. The molecule has 2 nitrogen and oxygen atoms in total. The summed E-state index contributed by atoms with van der Waals surface area (Å²) in [5, 5.41) is 0. The first-order valence-electron chi connectivity index (χ1n) is 4.29. The van der Waals surface area contributed by atoms with Gasteiger partial charge in [0.2, 0.25) is 0 Å². The van der Waals surface area contributed by atoms with Crippen LogP contribution >= 0.6 is 15.9 Å². The van der Waals surface area contributed by atoms with Crippen LogP contribution in [0, 0.1) is 5.82 Å². The highest BCUT2D eigenvalue weighted by atomic mass is 79.9. The lowest BCUT2D eigenvalue weighted by Crippen LogP contribution is -2.39. The SMILES string of the molecule is CC1(C)COc2cc(Br)cc(F)c2O1. The molecule has 0 N–H and O–H groups in total. The van der Waals surface area contributed by atoms with Gasteiger partial charge in [0.15, 0.2) is 17.3 Å². The highest BCUT2D eigenvalue weighted by Gasteiger charge is 2.30. The molecule has 14 heavy (non-hydrogen) atoms. The van der Waals surface area contributed by atoms with Crippen molar-refractivity contribution in [2.75, 3.05) is 6.61 Å². The minimum atomic E-state index is -0.471. The fourth-order valence-corrected chi connectivity index (χ4v) is 1.71. The summed E-state index contributed by atoms with van der Waals surface area (Å²) in [5.74, 6) is 0.253. The van der Waals surface area contributed by atoms with Gasteiger partial charge < -0.3 is 9.47 Å². The molecule has 0 radical (unpaired) electrons. The summed E-state index contributed by atoms with van der Waals surface area (Å²) in [7, 11) is 0. The van der Waals surface area contributed by atoms with Crippen molar-refractivity contribution in [3.63, 3.8) is 0 Å². The molecule has 1 aromatic carbocycles. The van der Waals surface area contributed by atoms with Gasteiger partial charge >= 0.3 is 0 Å². The van der Waals surface area contributed by atoms with Crippen molar-refractivity contribution >= 4 is 15.9 Å². The van der Waals surface area contributed by atoms with Crippen LogP contribution in [-0.2, 0) is 0 Å². The van der Waals surface area contributed by atoms with Crippen LogP contribution in [0.2, 0.25) is 0 Å². The van der Waals surface area contributed by atoms with Gasteiger partial charge in [0.25, 0.3) is 0 Å². The zero-order valence-electron chi connectivity index (χ0n) is 7.93. The van der Waals surface area contributed by atoms with Gasteiger partial charge in [-0.05, 0) is 26.0 Å². The maximum atomic E-state index is 13.4. The lowest BCUT2D eigenvalue weighted by molar-refractivity contribution is 0.0170. The number of rotatable bonds is 0. The van der Waals surface area contributed by atoms with Gasteiger partial charge in [-0.2, -0.15) is 0 Å². The van der Waals surface area contributed by atoms with Crippen LogP contribution < -0.4 is 9.47 Å². The molecule has 76 valence electrons. The molecule has 0 saturated carbocycles. The van der Waals surface area contributed by atoms with Crippen molar-refractivity contribution in [1.82, 2.24) is 0 Å². The fourth-order valence-electron chi connectivity index (χ4n) is 1.30. The molecular formula is C10H10BrFO2. The van der Waals surface area contributed by atoms with E-state index in [1.807, 2.05) is 13.8 Å². The smallest absolute Gasteiger partial charge is 0.197 e. The number of benzene rings is 1. The molecule has 0 spiro atoms. The predicted molar refractivity (Wildman–Crippen MR) is 54.3 cm³/mol. The van der Waals surface area contributed by atoms with E-state index in [0.717, 1.165) is 0 Å². The second kappa shape index (κ2) is 3.12. The van der Waals surface area contributed by atoms with E-state index < -0.39 is 11.4 Å². The third-order valence-electron chi connectivity index (χ3n) is 1.93. The molecule has 1 heterocycles. The van der Waals surface area contributed by atoms with Gasteiger partial charge in [0.05, 0.1) is 0 Å². The van der Waals surface area contributed by atoms with E-state index in [2.05, 4.69) is 15.9 Å². The van der Waals surface area contributed by atoms with Crippen LogP contribution in [0.15, 0.2) is 16.6 Å². The van der Waals surface area contributed by atoms with Gasteiger partial charge in [0.1, 0.15) is 12.2 Å². The van der Waals surface area contributed by atoms with E-state index in [1.54, 1.807) is 6.07 Å². The van der Waals surface area contributed by atoms with Crippen molar-refractivity contribution in [2.45, 2.75) is 19.4 Å². The third-order valence-corrected chi connectivity index (χ3v) is 2.39. The maximum Gasteiger partial charge on any atom is 0.197 e. The molecule has 0 saturated heterocycles. The molecule has 0 aromatic heterocycles. The average Bonchev–Trinajstić information content (AvgIpc) is 2.06. The first kappa shape index (κ1) is 9.77. The van der Waals surface area contributed by atoms with E-state index in [0.29, 0.717) is 16.8 Å². The van der Waals surface area contributed by atoms with Crippen LogP contribution in [0.4, 0.5) is 4.39 Å². The van der Waals surface area contributed by atoms with Crippen molar-refractivity contribution in [1.29, 1.82) is 0 Å². The van der Waals surface area contributed by atoms with Gasteiger partial charge in [-0.3, -0.25) is 0 Å². The number of halogens is 2. The average molecular weight is 261 g/mol. The minimum Gasteiger partial charge on any atom is -0.485 e. The Labute approximate surface area is 90.1 Å². The lowest BCUT2D eigenvalue weighted by atomic mass is 10.1. The van der Waals surface area contributed by atoms with E-state index in [9.17, 15) is 4.39 Å². The van der Waals surface area contributed by atoms with Gasteiger partial charge in [-0.25, -0.2) is 4.39 Å². The summed E-state index contributed by atoms with van der Waals surface area (Å²) in [6.07, 6.45) is 0. The predicted octanol–water partition coefficient (Wildman–Crippen LogP) is 3.14. The zero-order chi connectivity index (χ0) is 10.3. The van der Waals surface area contributed by atoms with Crippen molar-refractivity contribution in [2.24, 2.45) is 0 Å². The zero-order valence-corrected chi connectivity index (χ0v) is 9.52. The highest BCUT2D eigenvalue weighted by Crippen LogP contribution is 2.39. The van der Waals surface area contributed by atoms with E-state index in [4.69, 9.17) is 9.47 Å². The molecule has 2 rings (SSSR count).